The first kappa shape index (κ1) is 20.4. The quantitative estimate of drug-likeness (QED) is 0.698. The monoisotopic (exact) mass is 399 g/mol. The molecule has 1 N–H and O–H groups in total. The van der Waals surface area contributed by atoms with E-state index in [2.05, 4.69) is 0 Å². The summed E-state index contributed by atoms with van der Waals surface area (Å²) in [5.41, 5.74) is 0.948. The lowest BCUT2D eigenvalue weighted by Crippen LogP contribution is -2.63. The molecule has 1 unspecified atom stereocenters. The number of nitrogens with zero attached hydrogens (tertiary/aromatic N) is 1. The van der Waals surface area contributed by atoms with E-state index >= 15 is 0 Å². The van der Waals surface area contributed by atoms with Gasteiger partial charge in [-0.05, 0) is 35.6 Å². The first-order valence-electron chi connectivity index (χ1n) is 8.98. The van der Waals surface area contributed by atoms with E-state index in [1.807, 2.05) is 25.1 Å². The molecule has 0 saturated carbocycles. The normalized spacial score (nSPS) is 20.6. The van der Waals surface area contributed by atoms with Crippen LogP contribution in [0.1, 0.15) is 24.5 Å². The number of carbonyl (C=O) groups is 1. The lowest BCUT2D eigenvalue weighted by molar-refractivity contribution is -0.163. The maximum atomic E-state index is 13.9. The molecule has 1 saturated heterocycles. The molecule has 152 valence electrons. The van der Waals surface area contributed by atoms with Crippen molar-refractivity contribution in [2.24, 2.45) is 5.92 Å². The fourth-order valence-electron chi connectivity index (χ4n) is 3.51. The molecule has 4 nitrogen and oxygen atoms in total. The summed E-state index contributed by atoms with van der Waals surface area (Å²) in [6, 6.07) is 5.34. The number of hydrogen-bond donors (Lipinski definition) is 1. The Morgan fingerprint density at radius 3 is 2.68 bits per heavy atom. The van der Waals surface area contributed by atoms with Crippen LogP contribution in [0.15, 0.2) is 35.7 Å². The number of likely N-dealkylation sites (tertiary alicyclic amines) is 1. The van der Waals surface area contributed by atoms with E-state index in [0.717, 1.165) is 23.1 Å². The van der Waals surface area contributed by atoms with Crippen LogP contribution in [0.25, 0.3) is 6.08 Å². The molecule has 0 amide bonds. The Labute approximate surface area is 160 Å². The molecule has 3 rings (SSSR count). The van der Waals surface area contributed by atoms with Crippen LogP contribution < -0.4 is 4.74 Å². The van der Waals surface area contributed by atoms with E-state index in [9.17, 15) is 22.4 Å². The zero-order valence-corrected chi connectivity index (χ0v) is 15.4. The van der Waals surface area contributed by atoms with Gasteiger partial charge in [-0.2, -0.15) is 8.78 Å². The molecule has 1 heterocycles. The number of hydrogen-bond acceptors (Lipinski definition) is 3. The van der Waals surface area contributed by atoms with Crippen LogP contribution in [0.4, 0.5) is 17.6 Å². The van der Waals surface area contributed by atoms with E-state index in [1.165, 1.54) is 0 Å². The number of alkyl halides is 1. The number of benzene rings is 1. The van der Waals surface area contributed by atoms with Gasteiger partial charge in [0.1, 0.15) is 5.75 Å². The van der Waals surface area contributed by atoms with Gasteiger partial charge < -0.3 is 9.84 Å². The zero-order valence-electron chi connectivity index (χ0n) is 15.4. The van der Waals surface area contributed by atoms with Gasteiger partial charge >= 0.3 is 12.0 Å². The Morgan fingerprint density at radius 1 is 1.32 bits per heavy atom. The molecule has 1 aromatic rings. The minimum atomic E-state index is -2.32. The Hall–Kier alpha value is -2.35. The van der Waals surface area contributed by atoms with Gasteiger partial charge in [0, 0.05) is 26.1 Å². The van der Waals surface area contributed by atoms with E-state index in [-0.39, 0.29) is 25.6 Å². The lowest BCUT2D eigenvalue weighted by Gasteiger charge is -2.42. The van der Waals surface area contributed by atoms with E-state index in [0.29, 0.717) is 12.3 Å². The summed E-state index contributed by atoms with van der Waals surface area (Å²) < 4.78 is 56.1. The minimum Gasteiger partial charge on any atom is -0.493 e. The second kappa shape index (κ2) is 7.95. The van der Waals surface area contributed by atoms with Crippen LogP contribution >= 0.6 is 0 Å². The summed E-state index contributed by atoms with van der Waals surface area (Å²) in [6.45, 7) is 2.14. The number of carboxylic acid groups (broad SMARTS) is 1. The molecule has 28 heavy (non-hydrogen) atoms. The second-order valence-corrected chi connectivity index (χ2v) is 7.36. The molecule has 1 aromatic carbocycles. The molecule has 0 bridgehead atoms. The largest absolute Gasteiger partial charge is 0.493 e. The second-order valence-electron chi connectivity index (χ2n) is 7.36. The number of rotatable bonds is 7. The van der Waals surface area contributed by atoms with Crippen LogP contribution in [0.3, 0.4) is 0 Å². The maximum Gasteiger partial charge on any atom is 0.344 e. The minimum absolute atomic E-state index is 0.115. The highest BCUT2D eigenvalue weighted by Gasteiger charge is 2.50. The first-order chi connectivity index (χ1) is 13.2. The third-order valence-corrected chi connectivity index (χ3v) is 5.15. The molecule has 0 aromatic heterocycles. The predicted octanol–water partition coefficient (Wildman–Crippen LogP) is 4.22. The van der Waals surface area contributed by atoms with Gasteiger partial charge in [0.2, 0.25) is 5.67 Å². The summed E-state index contributed by atoms with van der Waals surface area (Å²) in [7, 11) is 0. The Balaban J connectivity index is 1.61. The Morgan fingerprint density at radius 2 is 2.04 bits per heavy atom. The number of aliphatic carboxylic acids is 1. The molecule has 1 fully saturated rings. The molecule has 0 radical (unpaired) electrons. The molecule has 2 aliphatic rings. The van der Waals surface area contributed by atoms with Gasteiger partial charge in [0.25, 0.3) is 0 Å². The average Bonchev–Trinajstić information content (AvgIpc) is 2.60. The van der Waals surface area contributed by atoms with E-state index < -0.39 is 30.0 Å². The van der Waals surface area contributed by atoms with Crippen molar-refractivity contribution in [3.63, 3.8) is 0 Å². The van der Waals surface area contributed by atoms with E-state index in [1.54, 1.807) is 11.0 Å². The fraction of sp³-hybridized carbons (Fsp3) is 0.450. The Bertz CT molecular complexity index is 827. The highest BCUT2D eigenvalue weighted by Crippen LogP contribution is 2.34. The predicted molar refractivity (Wildman–Crippen MR) is 95.7 cm³/mol. The topological polar surface area (TPSA) is 49.8 Å². The molecule has 1 aliphatic carbocycles. The SMILES string of the molecule is CC1Cc2cc(OCCC(F)=C(F)F)ccc2C=C1CN1CC(F)(C(=O)O)C1. The van der Waals surface area contributed by atoms with Crippen molar-refractivity contribution >= 4 is 12.0 Å². The van der Waals surface area contributed by atoms with Crippen LogP contribution in [0, 0.1) is 5.92 Å². The summed E-state index contributed by atoms with van der Waals surface area (Å²) in [4.78, 5) is 12.6. The van der Waals surface area contributed by atoms with Gasteiger partial charge in [-0.1, -0.05) is 24.6 Å². The third-order valence-electron chi connectivity index (χ3n) is 5.15. The first-order valence-corrected chi connectivity index (χ1v) is 8.98. The van der Waals surface area contributed by atoms with Crippen molar-refractivity contribution in [3.8, 4) is 5.75 Å². The van der Waals surface area contributed by atoms with Crippen molar-refractivity contribution in [3.05, 3.63) is 46.8 Å². The van der Waals surface area contributed by atoms with Gasteiger partial charge in [-0.3, -0.25) is 4.90 Å². The molecule has 1 aliphatic heterocycles. The summed E-state index contributed by atoms with van der Waals surface area (Å²) >= 11 is 0. The number of halogens is 4. The van der Waals surface area contributed by atoms with Crippen molar-refractivity contribution < 1.29 is 32.2 Å². The van der Waals surface area contributed by atoms with Gasteiger partial charge in [-0.25, -0.2) is 13.6 Å². The van der Waals surface area contributed by atoms with Crippen molar-refractivity contribution in [1.29, 1.82) is 0 Å². The third kappa shape index (κ3) is 4.38. The van der Waals surface area contributed by atoms with Crippen LogP contribution in [0.5, 0.6) is 5.75 Å². The lowest BCUT2D eigenvalue weighted by atomic mass is 9.83. The van der Waals surface area contributed by atoms with Gasteiger partial charge in [0.15, 0.2) is 5.83 Å². The number of ether oxygens (including phenoxy) is 1. The van der Waals surface area contributed by atoms with Crippen LogP contribution in [0.2, 0.25) is 0 Å². The van der Waals surface area contributed by atoms with Gasteiger partial charge in [-0.15, -0.1) is 0 Å². The van der Waals surface area contributed by atoms with Crippen molar-refractivity contribution in [2.75, 3.05) is 26.2 Å². The molecule has 8 heteroatoms. The molecule has 0 spiro atoms. The summed E-state index contributed by atoms with van der Waals surface area (Å²) in [6.07, 6.45) is -0.0785. The molecular weight excluding hydrogens is 378 g/mol. The standard InChI is InChI=1S/C20H21F4NO3/c1-12-6-14-8-16(28-5-4-17(21)18(22)23)3-2-13(14)7-15(12)9-25-10-20(24,11-25)19(26)27/h2-3,7-8,12H,4-6,9-11H2,1H3,(H,26,27). The summed E-state index contributed by atoms with van der Waals surface area (Å²) in [5.74, 6) is -2.22. The van der Waals surface area contributed by atoms with Crippen LogP contribution in [-0.4, -0.2) is 47.9 Å². The van der Waals surface area contributed by atoms with Crippen molar-refractivity contribution in [2.45, 2.75) is 25.4 Å². The van der Waals surface area contributed by atoms with Gasteiger partial charge in [0.05, 0.1) is 6.61 Å². The fourth-order valence-corrected chi connectivity index (χ4v) is 3.51. The smallest absolute Gasteiger partial charge is 0.344 e. The van der Waals surface area contributed by atoms with Crippen molar-refractivity contribution in [1.82, 2.24) is 4.90 Å². The molecular formula is C20H21F4NO3. The summed E-state index contributed by atoms with van der Waals surface area (Å²) in [5, 5.41) is 8.85. The van der Waals surface area contributed by atoms with E-state index in [4.69, 9.17) is 9.84 Å². The maximum absolute atomic E-state index is 13.9. The number of carboxylic acids is 1. The highest BCUT2D eigenvalue weighted by molar-refractivity contribution is 5.79. The Kier molecular flexibility index (Phi) is 5.79. The average molecular weight is 399 g/mol. The van der Waals surface area contributed by atoms with Crippen LogP contribution in [-0.2, 0) is 11.2 Å². The highest BCUT2D eigenvalue weighted by atomic mass is 19.3. The number of fused-ring (bicyclic) bond motifs is 1. The zero-order chi connectivity index (χ0) is 20.5. The molecule has 1 atom stereocenters.